The number of primary amides is 1. The fourth-order valence-electron chi connectivity index (χ4n) is 4.42. The van der Waals surface area contributed by atoms with Crippen LogP contribution in [0.3, 0.4) is 0 Å². The summed E-state index contributed by atoms with van der Waals surface area (Å²) in [7, 11) is 1.48. The van der Waals surface area contributed by atoms with Gasteiger partial charge in [-0.15, -0.1) is 0 Å². The first-order valence-electron chi connectivity index (χ1n) is 11.9. The van der Waals surface area contributed by atoms with Gasteiger partial charge in [-0.25, -0.2) is 4.39 Å². The third-order valence-corrected chi connectivity index (χ3v) is 7.13. The maximum absolute atomic E-state index is 13.6. The van der Waals surface area contributed by atoms with E-state index in [0.29, 0.717) is 22.0 Å². The van der Waals surface area contributed by atoms with Gasteiger partial charge >= 0.3 is 0 Å². The zero-order valence-electron chi connectivity index (χ0n) is 20.4. The number of nitrogens with zero attached hydrogens (tertiary/aromatic N) is 2. The Morgan fingerprint density at radius 1 is 1.05 bits per heavy atom. The number of rotatable bonds is 10. The van der Waals surface area contributed by atoms with Crippen molar-refractivity contribution in [3.05, 3.63) is 69.5 Å². The Balaban J connectivity index is 1.80. The molecule has 1 heterocycles. The number of piperazine rings is 1. The van der Waals surface area contributed by atoms with E-state index in [0.717, 1.165) is 5.56 Å². The first-order valence-corrected chi connectivity index (χ1v) is 12.6. The molecule has 3 rings (SSSR count). The molecule has 2 aromatic carbocycles. The number of likely N-dealkylation sites (N-methyl/N-ethyl adjacent to an activating group) is 1. The first-order chi connectivity index (χ1) is 17.6. The molecular weight excluding hydrogens is 522 g/mol. The van der Waals surface area contributed by atoms with E-state index in [9.17, 15) is 23.6 Å². The van der Waals surface area contributed by atoms with Gasteiger partial charge in [0.05, 0.1) is 10.0 Å². The molecule has 2 aromatic rings. The number of amides is 4. The monoisotopic (exact) mass is 550 g/mol. The number of hydrogen-bond donors (Lipinski definition) is 2. The number of nitrogens with one attached hydrogen (secondary N) is 1. The fourth-order valence-corrected chi connectivity index (χ4v) is 4.74. The third kappa shape index (κ3) is 7.42. The number of carbonyl (C=O) groups is 4. The van der Waals surface area contributed by atoms with Crippen LogP contribution in [0.4, 0.5) is 4.39 Å². The number of aryl methyl sites for hydroxylation is 1. The summed E-state index contributed by atoms with van der Waals surface area (Å²) in [6.07, 6.45) is 0.606. The highest BCUT2D eigenvalue weighted by molar-refractivity contribution is 6.42. The average Bonchev–Trinajstić information content (AvgIpc) is 2.87. The Morgan fingerprint density at radius 2 is 1.73 bits per heavy atom. The minimum atomic E-state index is -0.942. The molecule has 11 heteroatoms. The zero-order chi connectivity index (χ0) is 27.1. The SMILES string of the molecule is CNC(=O)C(Cc1ccc(Cl)c(Cl)c1)N1CCN(C(=O)CCc2ccc(F)cc2)C(CCC(N)=O)C1=O. The van der Waals surface area contributed by atoms with Crippen LogP contribution in [0.25, 0.3) is 0 Å². The van der Waals surface area contributed by atoms with Crippen molar-refractivity contribution in [1.29, 1.82) is 0 Å². The van der Waals surface area contributed by atoms with Crippen LogP contribution in [0.1, 0.15) is 30.4 Å². The lowest BCUT2D eigenvalue weighted by molar-refractivity contribution is -0.156. The lowest BCUT2D eigenvalue weighted by atomic mass is 9.98. The Kier molecular flexibility index (Phi) is 9.88. The van der Waals surface area contributed by atoms with Crippen LogP contribution in [0.5, 0.6) is 0 Å². The van der Waals surface area contributed by atoms with Gasteiger partial charge in [-0.05, 0) is 48.2 Å². The summed E-state index contributed by atoms with van der Waals surface area (Å²) < 4.78 is 13.2. The molecule has 4 amide bonds. The maximum Gasteiger partial charge on any atom is 0.246 e. The minimum Gasteiger partial charge on any atom is -0.370 e. The van der Waals surface area contributed by atoms with Crippen LogP contribution < -0.4 is 11.1 Å². The van der Waals surface area contributed by atoms with Gasteiger partial charge in [0.15, 0.2) is 0 Å². The Labute approximate surface area is 224 Å². The van der Waals surface area contributed by atoms with Crippen LogP contribution in [0.15, 0.2) is 42.5 Å². The molecule has 2 atom stereocenters. The van der Waals surface area contributed by atoms with E-state index in [1.54, 1.807) is 30.3 Å². The Bertz CT molecular complexity index is 1160. The number of nitrogens with two attached hydrogens (primary N) is 1. The highest BCUT2D eigenvalue weighted by Gasteiger charge is 2.41. The van der Waals surface area contributed by atoms with Crippen LogP contribution >= 0.6 is 23.2 Å². The second-order valence-electron chi connectivity index (χ2n) is 8.85. The van der Waals surface area contributed by atoms with Crippen LogP contribution in [0, 0.1) is 5.82 Å². The summed E-state index contributed by atoms with van der Waals surface area (Å²) >= 11 is 12.1. The van der Waals surface area contributed by atoms with Crippen LogP contribution in [-0.2, 0) is 32.0 Å². The molecule has 0 aromatic heterocycles. The first kappa shape index (κ1) is 28.4. The molecule has 2 unspecified atom stereocenters. The van der Waals surface area contributed by atoms with Crippen molar-refractivity contribution in [2.45, 2.75) is 44.2 Å². The van der Waals surface area contributed by atoms with Crippen molar-refractivity contribution < 1.29 is 23.6 Å². The molecule has 0 spiro atoms. The van der Waals surface area contributed by atoms with E-state index >= 15 is 0 Å². The van der Waals surface area contributed by atoms with Crippen LogP contribution in [-0.4, -0.2) is 65.6 Å². The largest absolute Gasteiger partial charge is 0.370 e. The number of benzene rings is 2. The molecule has 37 heavy (non-hydrogen) atoms. The summed E-state index contributed by atoms with van der Waals surface area (Å²) in [4.78, 5) is 54.0. The predicted octanol–water partition coefficient (Wildman–Crippen LogP) is 2.73. The van der Waals surface area contributed by atoms with Crippen molar-refractivity contribution in [3.8, 4) is 0 Å². The smallest absolute Gasteiger partial charge is 0.246 e. The van der Waals surface area contributed by atoms with Gasteiger partial charge in [-0.2, -0.15) is 0 Å². The number of halogens is 3. The number of hydrogen-bond acceptors (Lipinski definition) is 4. The standard InChI is InChI=1S/C26H29Cl2FN4O4/c1-31-25(36)22(15-17-4-8-19(27)20(28)14-17)33-13-12-32(21(26(33)37)9-10-23(30)34)24(35)11-5-16-2-6-18(29)7-3-16/h2-4,6-8,14,21-22H,5,9-13,15H2,1H3,(H2,30,34)(H,31,36). The van der Waals surface area contributed by atoms with Gasteiger partial charge in [0.2, 0.25) is 23.6 Å². The summed E-state index contributed by atoms with van der Waals surface area (Å²) in [5.74, 6) is -2.04. The van der Waals surface area contributed by atoms with Crippen molar-refractivity contribution >= 4 is 46.8 Å². The van der Waals surface area contributed by atoms with E-state index in [1.165, 1.54) is 29.0 Å². The van der Waals surface area contributed by atoms with E-state index in [2.05, 4.69) is 5.32 Å². The molecule has 0 saturated carbocycles. The lowest BCUT2D eigenvalue weighted by Gasteiger charge is -2.43. The Hall–Kier alpha value is -3.17. The van der Waals surface area contributed by atoms with Crippen LogP contribution in [0.2, 0.25) is 10.0 Å². The second-order valence-corrected chi connectivity index (χ2v) is 9.66. The van der Waals surface area contributed by atoms with E-state index in [1.807, 2.05) is 0 Å². The maximum atomic E-state index is 13.6. The van der Waals surface area contributed by atoms with E-state index in [-0.39, 0.29) is 56.4 Å². The topological polar surface area (TPSA) is 113 Å². The van der Waals surface area contributed by atoms with Gasteiger partial charge in [-0.1, -0.05) is 41.4 Å². The molecule has 1 saturated heterocycles. The highest BCUT2D eigenvalue weighted by Crippen LogP contribution is 2.26. The van der Waals surface area contributed by atoms with E-state index in [4.69, 9.17) is 28.9 Å². The third-order valence-electron chi connectivity index (χ3n) is 6.39. The Morgan fingerprint density at radius 3 is 2.35 bits per heavy atom. The van der Waals surface area contributed by atoms with Crippen molar-refractivity contribution in [2.24, 2.45) is 5.73 Å². The average molecular weight is 551 g/mol. The minimum absolute atomic E-state index is 0.0419. The van der Waals surface area contributed by atoms with Gasteiger partial charge in [0.1, 0.15) is 17.9 Å². The normalized spacial score (nSPS) is 16.4. The highest BCUT2D eigenvalue weighted by atomic mass is 35.5. The summed E-state index contributed by atoms with van der Waals surface area (Å²) in [5.41, 5.74) is 6.83. The molecule has 1 aliphatic rings. The lowest BCUT2D eigenvalue weighted by Crippen LogP contribution is -2.63. The fraction of sp³-hybridized carbons (Fsp3) is 0.385. The second kappa shape index (κ2) is 12.9. The molecule has 0 bridgehead atoms. The predicted molar refractivity (Wildman–Crippen MR) is 138 cm³/mol. The van der Waals surface area contributed by atoms with Gasteiger partial charge in [0, 0.05) is 39.4 Å². The summed E-state index contributed by atoms with van der Waals surface area (Å²) in [6, 6.07) is 9.05. The quantitative estimate of drug-likeness (QED) is 0.473. The van der Waals surface area contributed by atoms with Gasteiger partial charge in [-0.3, -0.25) is 19.2 Å². The summed E-state index contributed by atoms with van der Waals surface area (Å²) in [5, 5.41) is 3.30. The molecule has 1 aliphatic heterocycles. The molecule has 198 valence electrons. The zero-order valence-corrected chi connectivity index (χ0v) is 21.9. The van der Waals surface area contributed by atoms with Crippen molar-refractivity contribution in [2.75, 3.05) is 20.1 Å². The molecule has 0 aliphatic carbocycles. The molecule has 1 fully saturated rings. The number of carbonyl (C=O) groups excluding carboxylic acids is 4. The molecular formula is C26H29Cl2FN4O4. The molecule has 3 N–H and O–H groups in total. The van der Waals surface area contributed by atoms with Gasteiger partial charge in [0.25, 0.3) is 0 Å². The van der Waals surface area contributed by atoms with Gasteiger partial charge < -0.3 is 20.9 Å². The van der Waals surface area contributed by atoms with Crippen molar-refractivity contribution in [1.82, 2.24) is 15.1 Å². The molecule has 0 radical (unpaired) electrons. The van der Waals surface area contributed by atoms with Crippen molar-refractivity contribution in [3.63, 3.8) is 0 Å². The molecule has 8 nitrogen and oxygen atoms in total. The summed E-state index contributed by atoms with van der Waals surface area (Å²) in [6.45, 7) is 0.319. The van der Waals surface area contributed by atoms with E-state index < -0.39 is 23.9 Å².